The highest BCUT2D eigenvalue weighted by Crippen LogP contribution is 2.39. The Bertz CT molecular complexity index is 1240. The Kier molecular flexibility index (Phi) is 9.35. The second-order valence-electron chi connectivity index (χ2n) is 8.89. The van der Waals surface area contributed by atoms with E-state index in [-0.39, 0.29) is 18.8 Å². The summed E-state index contributed by atoms with van der Waals surface area (Å²) in [5.74, 6) is -0.405. The van der Waals surface area contributed by atoms with E-state index in [1.165, 1.54) is 31.8 Å². The lowest BCUT2D eigenvalue weighted by molar-refractivity contribution is -0.645. The fourth-order valence-electron chi connectivity index (χ4n) is 4.00. The number of carbonyl (C=O) groups is 2. The van der Waals surface area contributed by atoms with Gasteiger partial charge in [0.1, 0.15) is 0 Å². The first-order valence-corrected chi connectivity index (χ1v) is 13.2. The number of nitrogens with one attached hydrogen (secondary N) is 1. The van der Waals surface area contributed by atoms with E-state index >= 15 is 0 Å². The molecule has 1 aromatic heterocycles. The summed E-state index contributed by atoms with van der Waals surface area (Å²) in [7, 11) is 0. The second kappa shape index (κ2) is 12.9. The number of amides is 1. The molecule has 0 radical (unpaired) electrons. The third-order valence-electron chi connectivity index (χ3n) is 5.98. The van der Waals surface area contributed by atoms with Crippen molar-refractivity contribution >= 4 is 29.3 Å². The standard InChI is InChI=1S/C28H30N2O7S/c1-18(35-19(2)32)27(33)29-23-12-10-22(11-13-23)28-36-24(17-38-26-5-3-4-14-30(26)34)15-25(37-28)21-8-6-20(16-31)7-9-21/h3-14,18,24-25,28,31H,15-17H2,1-2H3,(H,29,33)/t18-,24+,25-,28-/m0/s1. The molecule has 2 aromatic carbocycles. The summed E-state index contributed by atoms with van der Waals surface area (Å²) in [6.45, 7) is 2.72. The molecule has 4 rings (SSSR count). The lowest BCUT2D eigenvalue weighted by atomic mass is 10.0. The number of benzene rings is 2. The molecular formula is C28H30N2O7S. The number of thioether (sulfide) groups is 1. The van der Waals surface area contributed by atoms with Gasteiger partial charge in [-0.3, -0.25) is 9.59 Å². The molecule has 9 nitrogen and oxygen atoms in total. The summed E-state index contributed by atoms with van der Waals surface area (Å²) < 4.78 is 18.4. The summed E-state index contributed by atoms with van der Waals surface area (Å²) in [5.41, 5.74) is 3.09. The normalized spacial score (nSPS) is 19.9. The van der Waals surface area contributed by atoms with Crippen LogP contribution in [-0.4, -0.2) is 34.9 Å². The molecule has 3 aromatic rings. The summed E-state index contributed by atoms with van der Waals surface area (Å²) in [6.07, 6.45) is 0.0178. The zero-order valence-corrected chi connectivity index (χ0v) is 21.9. The number of hydrogen-bond acceptors (Lipinski definition) is 8. The molecule has 0 saturated carbocycles. The molecule has 1 aliphatic heterocycles. The van der Waals surface area contributed by atoms with Crippen LogP contribution in [0.1, 0.15) is 49.4 Å². The van der Waals surface area contributed by atoms with Crippen molar-refractivity contribution in [3.63, 3.8) is 0 Å². The van der Waals surface area contributed by atoms with Crippen molar-refractivity contribution < 1.29 is 33.6 Å². The van der Waals surface area contributed by atoms with Crippen molar-refractivity contribution in [2.75, 3.05) is 11.1 Å². The van der Waals surface area contributed by atoms with Gasteiger partial charge < -0.3 is 29.8 Å². The molecule has 2 N–H and O–H groups in total. The van der Waals surface area contributed by atoms with E-state index in [4.69, 9.17) is 14.2 Å². The van der Waals surface area contributed by atoms with E-state index in [1.807, 2.05) is 30.3 Å². The highest BCUT2D eigenvalue weighted by Gasteiger charge is 2.32. The first kappa shape index (κ1) is 27.6. The maximum absolute atomic E-state index is 12.3. The zero-order valence-electron chi connectivity index (χ0n) is 21.1. The van der Waals surface area contributed by atoms with Crippen LogP contribution < -0.4 is 10.0 Å². The topological polar surface area (TPSA) is 121 Å². The van der Waals surface area contributed by atoms with Crippen LogP contribution in [0.4, 0.5) is 5.69 Å². The minimum atomic E-state index is -0.911. The maximum Gasteiger partial charge on any atom is 0.303 e. The lowest BCUT2D eigenvalue weighted by Crippen LogP contribution is -2.32. The predicted molar refractivity (Wildman–Crippen MR) is 141 cm³/mol. The van der Waals surface area contributed by atoms with Crippen LogP contribution in [-0.2, 0) is 30.4 Å². The van der Waals surface area contributed by atoms with E-state index in [0.717, 1.165) is 21.4 Å². The first-order chi connectivity index (χ1) is 18.3. The summed E-state index contributed by atoms with van der Waals surface area (Å²) in [6, 6.07) is 20.0. The molecule has 1 saturated heterocycles. The summed E-state index contributed by atoms with van der Waals surface area (Å²) >= 11 is 1.42. The van der Waals surface area contributed by atoms with Crippen LogP contribution in [0, 0.1) is 5.21 Å². The van der Waals surface area contributed by atoms with Gasteiger partial charge in [0.2, 0.25) is 0 Å². The van der Waals surface area contributed by atoms with Gasteiger partial charge in [-0.05, 0) is 36.2 Å². The van der Waals surface area contributed by atoms with Crippen molar-refractivity contribution in [1.82, 2.24) is 0 Å². The van der Waals surface area contributed by atoms with E-state index < -0.39 is 24.3 Å². The van der Waals surface area contributed by atoms with Crippen molar-refractivity contribution in [2.45, 2.75) is 56.5 Å². The SMILES string of the molecule is CC(=O)O[C@@H](C)C(=O)Nc1ccc([C@H]2O[C@@H](CSc3cccc[n+]3[O-])C[C@@H](c3ccc(CO)cc3)O2)cc1. The van der Waals surface area contributed by atoms with E-state index in [0.29, 0.717) is 22.9 Å². The van der Waals surface area contributed by atoms with Crippen LogP contribution in [0.15, 0.2) is 78.0 Å². The first-order valence-electron chi connectivity index (χ1n) is 12.2. The average Bonchev–Trinajstić information content (AvgIpc) is 2.92. The van der Waals surface area contributed by atoms with Gasteiger partial charge in [0.05, 0.1) is 18.8 Å². The number of anilines is 1. The number of esters is 1. The number of aromatic nitrogens is 1. The smallest absolute Gasteiger partial charge is 0.303 e. The van der Waals surface area contributed by atoms with Gasteiger partial charge in [-0.2, -0.15) is 4.73 Å². The van der Waals surface area contributed by atoms with Crippen molar-refractivity contribution in [1.29, 1.82) is 0 Å². The monoisotopic (exact) mass is 538 g/mol. The summed E-state index contributed by atoms with van der Waals surface area (Å²) in [4.78, 5) is 23.4. The van der Waals surface area contributed by atoms with Crippen LogP contribution in [0.2, 0.25) is 0 Å². The number of hydrogen-bond donors (Lipinski definition) is 2. The van der Waals surface area contributed by atoms with Gasteiger partial charge in [0, 0.05) is 42.5 Å². The molecule has 0 spiro atoms. The molecule has 10 heteroatoms. The Morgan fingerprint density at radius 2 is 1.82 bits per heavy atom. The van der Waals surface area contributed by atoms with Crippen LogP contribution in [0.3, 0.4) is 0 Å². The predicted octanol–water partition coefficient (Wildman–Crippen LogP) is 4.04. The third kappa shape index (κ3) is 7.32. The Labute approximate surface area is 225 Å². The van der Waals surface area contributed by atoms with Gasteiger partial charge in [0.15, 0.2) is 18.6 Å². The molecular weight excluding hydrogens is 508 g/mol. The Morgan fingerprint density at radius 1 is 1.11 bits per heavy atom. The quantitative estimate of drug-likeness (QED) is 0.181. The third-order valence-corrected chi connectivity index (χ3v) is 7.13. The highest BCUT2D eigenvalue weighted by atomic mass is 32.2. The van der Waals surface area contributed by atoms with Crippen molar-refractivity contribution in [3.8, 4) is 0 Å². The van der Waals surface area contributed by atoms with Crippen LogP contribution >= 0.6 is 11.8 Å². The molecule has 38 heavy (non-hydrogen) atoms. The molecule has 4 atom stereocenters. The molecule has 0 bridgehead atoms. The van der Waals surface area contributed by atoms with E-state index in [1.54, 1.807) is 36.4 Å². The molecule has 1 aliphatic rings. The Hall–Kier alpha value is -3.44. The number of aliphatic hydroxyl groups excluding tert-OH is 1. The van der Waals surface area contributed by atoms with Crippen LogP contribution in [0.5, 0.6) is 0 Å². The maximum atomic E-state index is 12.3. The second-order valence-corrected chi connectivity index (χ2v) is 9.93. The largest absolute Gasteiger partial charge is 0.618 e. The number of rotatable bonds is 9. The number of ether oxygens (including phenoxy) is 3. The van der Waals surface area contributed by atoms with Gasteiger partial charge in [-0.15, -0.1) is 0 Å². The van der Waals surface area contributed by atoms with E-state index in [2.05, 4.69) is 5.32 Å². The zero-order chi connectivity index (χ0) is 27.1. The number of nitrogens with zero attached hydrogens (tertiary/aromatic N) is 1. The Balaban J connectivity index is 1.48. The highest BCUT2D eigenvalue weighted by molar-refractivity contribution is 7.99. The summed E-state index contributed by atoms with van der Waals surface area (Å²) in [5, 5.41) is 24.8. The molecule has 2 heterocycles. The van der Waals surface area contributed by atoms with Crippen molar-refractivity contribution in [2.24, 2.45) is 0 Å². The molecule has 200 valence electrons. The number of aliphatic hydroxyl groups is 1. The molecule has 1 amide bonds. The Morgan fingerprint density at radius 3 is 2.47 bits per heavy atom. The minimum absolute atomic E-state index is 0.0361. The molecule has 0 unspecified atom stereocenters. The van der Waals surface area contributed by atoms with Crippen molar-refractivity contribution in [3.05, 3.63) is 94.8 Å². The van der Waals surface area contributed by atoms with Gasteiger partial charge in [-0.1, -0.05) is 48.2 Å². The van der Waals surface area contributed by atoms with E-state index in [9.17, 15) is 19.9 Å². The average molecular weight is 539 g/mol. The van der Waals surface area contributed by atoms with Gasteiger partial charge in [-0.25, -0.2) is 0 Å². The molecule has 0 aliphatic carbocycles. The lowest BCUT2D eigenvalue weighted by Gasteiger charge is -2.36. The fourth-order valence-corrected chi connectivity index (χ4v) is 4.93. The van der Waals surface area contributed by atoms with Gasteiger partial charge in [0.25, 0.3) is 10.9 Å². The van der Waals surface area contributed by atoms with Gasteiger partial charge >= 0.3 is 5.97 Å². The number of pyridine rings is 1. The number of carbonyl (C=O) groups excluding carboxylic acids is 2. The molecule has 1 fully saturated rings. The fraction of sp³-hybridized carbons (Fsp3) is 0.321. The minimum Gasteiger partial charge on any atom is -0.618 e. The van der Waals surface area contributed by atoms with Crippen LogP contribution in [0.25, 0.3) is 0 Å².